The minimum absolute atomic E-state index is 0.140. The van der Waals surface area contributed by atoms with Crippen molar-refractivity contribution < 1.29 is 13.5 Å². The topological polar surface area (TPSA) is 52.8 Å². The van der Waals surface area contributed by atoms with Crippen molar-refractivity contribution in [3.63, 3.8) is 0 Å². The Labute approximate surface area is 150 Å². The van der Waals surface area contributed by atoms with Crippen LogP contribution in [0.25, 0.3) is 22.3 Å². The highest BCUT2D eigenvalue weighted by molar-refractivity contribution is 5.90. The zero-order valence-electron chi connectivity index (χ0n) is 14.7. The van der Waals surface area contributed by atoms with Crippen LogP contribution in [0, 0.1) is 11.6 Å². The predicted octanol–water partition coefficient (Wildman–Crippen LogP) is 4.25. The van der Waals surface area contributed by atoms with Gasteiger partial charge in [0.25, 0.3) is 0 Å². The van der Waals surface area contributed by atoms with Gasteiger partial charge in [0, 0.05) is 43.0 Å². The van der Waals surface area contributed by atoms with Gasteiger partial charge >= 0.3 is 0 Å². The molecule has 0 unspecified atom stereocenters. The highest BCUT2D eigenvalue weighted by Crippen LogP contribution is 2.32. The molecule has 1 aromatic carbocycles. The van der Waals surface area contributed by atoms with Crippen molar-refractivity contribution >= 4 is 11.0 Å². The largest absolute Gasteiger partial charge is 0.381 e. The minimum Gasteiger partial charge on any atom is -0.381 e. The number of fused-ring (bicyclic) bond motifs is 1. The molecule has 0 bridgehead atoms. The highest BCUT2D eigenvalue weighted by Gasteiger charge is 2.23. The third-order valence-corrected chi connectivity index (χ3v) is 4.72. The van der Waals surface area contributed by atoms with Gasteiger partial charge in [-0.3, -0.25) is 4.68 Å². The number of hydrogen-bond donors (Lipinski definition) is 0. The molecule has 5 nitrogen and oxygen atoms in total. The zero-order chi connectivity index (χ0) is 18.3. The number of aromatic nitrogens is 4. The summed E-state index contributed by atoms with van der Waals surface area (Å²) in [6, 6.07) is 3.69. The first kappa shape index (κ1) is 17.0. The lowest BCUT2D eigenvalue weighted by atomic mass is 9.98. The Kier molecular flexibility index (Phi) is 4.40. The lowest BCUT2D eigenvalue weighted by Gasteiger charge is -2.21. The molecular weight excluding hydrogens is 338 g/mol. The first-order valence-corrected chi connectivity index (χ1v) is 8.83. The van der Waals surface area contributed by atoms with Crippen LogP contribution in [0.1, 0.15) is 44.5 Å². The fraction of sp³-hybridized carbons (Fsp3) is 0.421. The van der Waals surface area contributed by atoms with Crippen molar-refractivity contribution in [1.82, 2.24) is 19.7 Å². The van der Waals surface area contributed by atoms with Crippen LogP contribution in [0.4, 0.5) is 8.78 Å². The first-order valence-electron chi connectivity index (χ1n) is 8.83. The number of ether oxygens (including phenoxy) is 1. The first-order chi connectivity index (χ1) is 12.5. The lowest BCUT2D eigenvalue weighted by molar-refractivity contribution is 0.0836. The lowest BCUT2D eigenvalue weighted by Crippen LogP contribution is -2.16. The molecular formula is C19H20F2N4O. The van der Waals surface area contributed by atoms with Gasteiger partial charge in [-0.1, -0.05) is 0 Å². The van der Waals surface area contributed by atoms with E-state index in [9.17, 15) is 8.78 Å². The second kappa shape index (κ2) is 6.72. The summed E-state index contributed by atoms with van der Waals surface area (Å²) in [6.07, 6.45) is 3.47. The molecule has 0 spiro atoms. The number of benzene rings is 1. The molecule has 0 atom stereocenters. The van der Waals surface area contributed by atoms with E-state index in [4.69, 9.17) is 4.74 Å². The van der Waals surface area contributed by atoms with E-state index in [0.717, 1.165) is 18.9 Å². The highest BCUT2D eigenvalue weighted by atomic mass is 19.1. The zero-order valence-corrected chi connectivity index (χ0v) is 14.7. The molecule has 1 aliphatic rings. The molecule has 1 aliphatic heterocycles. The monoisotopic (exact) mass is 358 g/mol. The molecule has 0 amide bonds. The van der Waals surface area contributed by atoms with Crippen LogP contribution in [0.3, 0.4) is 0 Å². The summed E-state index contributed by atoms with van der Waals surface area (Å²) in [5.41, 5.74) is 1.25. The Morgan fingerprint density at radius 1 is 1.15 bits per heavy atom. The van der Waals surface area contributed by atoms with E-state index in [2.05, 4.69) is 15.1 Å². The van der Waals surface area contributed by atoms with Gasteiger partial charge in [-0.15, -0.1) is 0 Å². The standard InChI is InChI=1S/C19H20F2N4O/c1-11(2)25-10-15-17(14-4-3-13(20)9-16(14)21)22-18(23-19(15)24-25)12-5-7-26-8-6-12/h3-4,9-12H,5-8H2,1-2H3. The van der Waals surface area contributed by atoms with Crippen molar-refractivity contribution in [2.45, 2.75) is 38.6 Å². The Morgan fingerprint density at radius 2 is 1.92 bits per heavy atom. The van der Waals surface area contributed by atoms with Gasteiger partial charge in [0.1, 0.15) is 17.5 Å². The number of halogens is 2. The maximum atomic E-state index is 14.5. The summed E-state index contributed by atoms with van der Waals surface area (Å²) in [5, 5.41) is 5.21. The Morgan fingerprint density at radius 3 is 2.62 bits per heavy atom. The molecule has 3 heterocycles. The van der Waals surface area contributed by atoms with E-state index in [0.29, 0.717) is 35.8 Å². The SMILES string of the molecule is CC(C)n1cc2c(-c3ccc(F)cc3F)nc(C3CCOCC3)nc2n1. The van der Waals surface area contributed by atoms with Crippen LogP contribution >= 0.6 is 0 Å². The molecule has 1 fully saturated rings. The summed E-state index contributed by atoms with van der Waals surface area (Å²) in [5.74, 6) is -0.451. The Hall–Kier alpha value is -2.41. The van der Waals surface area contributed by atoms with Crippen molar-refractivity contribution in [2.24, 2.45) is 0 Å². The molecule has 0 radical (unpaired) electrons. The van der Waals surface area contributed by atoms with Gasteiger partial charge in [-0.2, -0.15) is 5.10 Å². The molecule has 2 aromatic heterocycles. The smallest absolute Gasteiger partial charge is 0.185 e. The maximum Gasteiger partial charge on any atom is 0.185 e. The van der Waals surface area contributed by atoms with Gasteiger partial charge in [0.05, 0.1) is 11.1 Å². The van der Waals surface area contributed by atoms with Crippen LogP contribution < -0.4 is 0 Å². The molecule has 4 rings (SSSR count). The third-order valence-electron chi connectivity index (χ3n) is 4.72. The number of rotatable bonds is 3. The fourth-order valence-electron chi connectivity index (χ4n) is 3.23. The predicted molar refractivity (Wildman–Crippen MR) is 93.9 cm³/mol. The van der Waals surface area contributed by atoms with Crippen LogP contribution in [0.5, 0.6) is 0 Å². The van der Waals surface area contributed by atoms with E-state index in [1.165, 1.54) is 12.1 Å². The number of nitrogens with zero attached hydrogens (tertiary/aromatic N) is 4. The van der Waals surface area contributed by atoms with Crippen LogP contribution in [0.2, 0.25) is 0 Å². The molecule has 0 N–H and O–H groups in total. The van der Waals surface area contributed by atoms with Gasteiger partial charge in [0.2, 0.25) is 0 Å². The van der Waals surface area contributed by atoms with E-state index < -0.39 is 11.6 Å². The molecule has 136 valence electrons. The second-order valence-electron chi connectivity index (χ2n) is 6.88. The Balaban J connectivity index is 1.92. The van der Waals surface area contributed by atoms with Gasteiger partial charge in [-0.05, 0) is 38.8 Å². The van der Waals surface area contributed by atoms with Gasteiger partial charge < -0.3 is 4.74 Å². The van der Waals surface area contributed by atoms with Crippen molar-refractivity contribution in [3.05, 3.63) is 41.9 Å². The maximum absolute atomic E-state index is 14.5. The molecule has 0 saturated carbocycles. The van der Waals surface area contributed by atoms with Crippen molar-refractivity contribution in [1.29, 1.82) is 0 Å². The van der Waals surface area contributed by atoms with Crippen LogP contribution in [-0.4, -0.2) is 33.0 Å². The molecule has 0 aliphatic carbocycles. The summed E-state index contributed by atoms with van der Waals surface area (Å²) in [4.78, 5) is 9.32. The molecule has 1 saturated heterocycles. The summed E-state index contributed by atoms with van der Waals surface area (Å²) in [6.45, 7) is 5.34. The van der Waals surface area contributed by atoms with E-state index in [-0.39, 0.29) is 17.5 Å². The summed E-state index contributed by atoms with van der Waals surface area (Å²) >= 11 is 0. The van der Waals surface area contributed by atoms with Gasteiger partial charge in [-0.25, -0.2) is 18.7 Å². The molecule has 3 aromatic rings. The third kappa shape index (κ3) is 3.07. The molecule has 26 heavy (non-hydrogen) atoms. The summed E-state index contributed by atoms with van der Waals surface area (Å²) in [7, 11) is 0. The average molecular weight is 358 g/mol. The Bertz CT molecular complexity index is 948. The van der Waals surface area contributed by atoms with E-state index in [1.807, 2.05) is 20.0 Å². The van der Waals surface area contributed by atoms with Crippen LogP contribution in [-0.2, 0) is 4.74 Å². The number of hydrogen-bond acceptors (Lipinski definition) is 4. The molecule has 7 heteroatoms. The normalized spacial score (nSPS) is 15.9. The fourth-order valence-corrected chi connectivity index (χ4v) is 3.23. The summed E-state index contributed by atoms with van der Waals surface area (Å²) < 4.78 is 35.0. The average Bonchev–Trinajstić information content (AvgIpc) is 3.06. The minimum atomic E-state index is -0.639. The van der Waals surface area contributed by atoms with Gasteiger partial charge in [0.15, 0.2) is 5.65 Å². The van der Waals surface area contributed by atoms with Crippen LogP contribution in [0.15, 0.2) is 24.4 Å². The quantitative estimate of drug-likeness (QED) is 0.702. The van der Waals surface area contributed by atoms with Crippen molar-refractivity contribution in [3.8, 4) is 11.3 Å². The van der Waals surface area contributed by atoms with E-state index >= 15 is 0 Å². The van der Waals surface area contributed by atoms with Crippen molar-refractivity contribution in [2.75, 3.05) is 13.2 Å². The van der Waals surface area contributed by atoms with E-state index in [1.54, 1.807) is 4.68 Å². The second-order valence-corrected chi connectivity index (χ2v) is 6.88.